The Kier molecular flexibility index (Phi) is 5.30. The van der Waals surface area contributed by atoms with Gasteiger partial charge in [-0.15, -0.1) is 0 Å². The molecule has 0 aliphatic heterocycles. The third kappa shape index (κ3) is 4.25. The summed E-state index contributed by atoms with van der Waals surface area (Å²) in [6.07, 6.45) is 1.35. The second-order valence-corrected chi connectivity index (χ2v) is 7.11. The van der Waals surface area contributed by atoms with Gasteiger partial charge in [0, 0.05) is 6.26 Å². The second kappa shape index (κ2) is 7.04. The molecule has 0 fully saturated rings. The van der Waals surface area contributed by atoms with E-state index in [1.807, 2.05) is 0 Å². The van der Waals surface area contributed by atoms with Crippen molar-refractivity contribution in [3.8, 4) is 0 Å². The first kappa shape index (κ1) is 17.3. The van der Waals surface area contributed by atoms with Crippen LogP contribution in [0.15, 0.2) is 59.5 Å². The van der Waals surface area contributed by atoms with Crippen molar-refractivity contribution < 1.29 is 23.0 Å². The predicted molar refractivity (Wildman–Crippen MR) is 86.0 cm³/mol. The van der Waals surface area contributed by atoms with E-state index in [1.165, 1.54) is 48.5 Å². The highest BCUT2D eigenvalue weighted by atomic mass is 32.2. The van der Waals surface area contributed by atoms with Gasteiger partial charge < -0.3 is 10.2 Å². The molecule has 0 spiro atoms. The summed E-state index contributed by atoms with van der Waals surface area (Å²) in [6, 6.07) is 11.4. The Morgan fingerprint density at radius 2 is 1.87 bits per heavy atom. The zero-order chi connectivity index (χ0) is 17.0. The first-order chi connectivity index (χ1) is 10.8. The minimum Gasteiger partial charge on any atom is -0.392 e. The molecule has 0 aromatic heterocycles. The molecule has 2 rings (SSSR count). The van der Waals surface area contributed by atoms with E-state index in [0.29, 0.717) is 16.7 Å². The third-order valence-electron chi connectivity index (χ3n) is 3.39. The van der Waals surface area contributed by atoms with Crippen LogP contribution in [0.2, 0.25) is 0 Å². The van der Waals surface area contributed by atoms with Crippen LogP contribution in [0.5, 0.6) is 0 Å². The van der Waals surface area contributed by atoms with Crippen LogP contribution < -0.4 is 0 Å². The first-order valence-electron chi connectivity index (χ1n) is 6.88. The van der Waals surface area contributed by atoms with E-state index >= 15 is 0 Å². The largest absolute Gasteiger partial charge is 0.392 e. The lowest BCUT2D eigenvalue weighted by Crippen LogP contribution is -2.05. The molecule has 0 saturated carbocycles. The molecule has 122 valence electrons. The lowest BCUT2D eigenvalue weighted by Gasteiger charge is -2.17. The zero-order valence-corrected chi connectivity index (χ0v) is 13.3. The van der Waals surface area contributed by atoms with E-state index in [1.54, 1.807) is 6.07 Å². The van der Waals surface area contributed by atoms with Gasteiger partial charge in [-0.3, -0.25) is 0 Å². The highest BCUT2D eigenvalue weighted by Crippen LogP contribution is 2.31. The number of hydrogen-bond acceptors (Lipinski definition) is 4. The van der Waals surface area contributed by atoms with Crippen molar-refractivity contribution in [3.63, 3.8) is 0 Å². The van der Waals surface area contributed by atoms with E-state index in [0.717, 1.165) is 6.26 Å². The average Bonchev–Trinajstić information content (AvgIpc) is 2.52. The lowest BCUT2D eigenvalue weighted by molar-refractivity contribution is 0.236. The first-order valence-corrected chi connectivity index (χ1v) is 8.77. The minimum absolute atomic E-state index is 0.0940. The van der Waals surface area contributed by atoms with Gasteiger partial charge in [0.15, 0.2) is 9.84 Å². The van der Waals surface area contributed by atoms with Gasteiger partial charge in [-0.1, -0.05) is 30.3 Å². The Labute approximate surface area is 134 Å². The predicted octanol–water partition coefficient (Wildman–Crippen LogP) is 2.34. The molecular weight excluding hydrogens is 319 g/mol. The summed E-state index contributed by atoms with van der Waals surface area (Å²) < 4.78 is 36.3. The molecule has 2 aromatic rings. The van der Waals surface area contributed by atoms with Crippen molar-refractivity contribution in [1.29, 1.82) is 0 Å². The summed E-state index contributed by atoms with van der Waals surface area (Å²) in [5.74, 6) is -0.411. The molecule has 0 heterocycles. The number of aliphatic hydroxyl groups is 2. The van der Waals surface area contributed by atoms with Gasteiger partial charge in [0.1, 0.15) is 11.9 Å². The molecule has 0 bridgehead atoms. The Morgan fingerprint density at radius 1 is 1.22 bits per heavy atom. The van der Waals surface area contributed by atoms with Crippen molar-refractivity contribution in [2.75, 3.05) is 12.9 Å². The van der Waals surface area contributed by atoms with Crippen LogP contribution in [0.25, 0.3) is 5.57 Å². The summed E-state index contributed by atoms with van der Waals surface area (Å²) in [7, 11) is -3.40. The monoisotopic (exact) mass is 336 g/mol. The molecule has 4 nitrogen and oxygen atoms in total. The molecule has 0 amide bonds. The zero-order valence-electron chi connectivity index (χ0n) is 12.5. The van der Waals surface area contributed by atoms with E-state index < -0.39 is 21.8 Å². The smallest absolute Gasteiger partial charge is 0.175 e. The summed E-state index contributed by atoms with van der Waals surface area (Å²) in [5.41, 5.74) is 1.29. The minimum atomic E-state index is -3.40. The number of sulfone groups is 1. The fraction of sp³-hybridized carbons (Fsp3) is 0.176. The van der Waals surface area contributed by atoms with E-state index in [-0.39, 0.29) is 11.5 Å². The molecule has 0 aliphatic carbocycles. The summed E-state index contributed by atoms with van der Waals surface area (Å²) >= 11 is 0. The van der Waals surface area contributed by atoms with Crippen molar-refractivity contribution in [1.82, 2.24) is 0 Å². The van der Waals surface area contributed by atoms with Crippen molar-refractivity contribution in [3.05, 3.63) is 71.6 Å². The normalized spacial score (nSPS) is 13.8. The summed E-state index contributed by atoms with van der Waals surface area (Å²) in [6.45, 7) is -0.310. The molecule has 2 N–H and O–H groups in total. The molecule has 1 unspecified atom stereocenters. The number of aliphatic hydroxyl groups excluding tert-OH is 2. The van der Waals surface area contributed by atoms with Crippen molar-refractivity contribution >= 4 is 15.4 Å². The quantitative estimate of drug-likeness (QED) is 0.879. The van der Waals surface area contributed by atoms with E-state index in [4.69, 9.17) is 0 Å². The van der Waals surface area contributed by atoms with Crippen molar-refractivity contribution in [2.45, 2.75) is 11.0 Å². The summed E-state index contributed by atoms with van der Waals surface area (Å²) in [4.78, 5) is 0.0940. The Balaban J connectivity index is 2.45. The fourth-order valence-electron chi connectivity index (χ4n) is 2.22. The van der Waals surface area contributed by atoms with Crippen LogP contribution in [-0.2, 0) is 9.84 Å². The molecule has 6 heteroatoms. The Morgan fingerprint density at radius 3 is 2.43 bits per heavy atom. The fourth-order valence-corrected chi connectivity index (χ4v) is 2.90. The van der Waals surface area contributed by atoms with Gasteiger partial charge in [0.05, 0.1) is 11.5 Å². The second-order valence-electron chi connectivity index (χ2n) is 5.10. The molecule has 0 aliphatic rings. The molecular formula is C17H17FO4S. The van der Waals surface area contributed by atoms with Crippen LogP contribution in [0.1, 0.15) is 17.2 Å². The van der Waals surface area contributed by atoms with Crippen LogP contribution in [-0.4, -0.2) is 31.5 Å². The van der Waals surface area contributed by atoms with Crippen LogP contribution in [0.3, 0.4) is 0 Å². The third-order valence-corrected chi connectivity index (χ3v) is 4.50. The number of rotatable bonds is 5. The van der Waals surface area contributed by atoms with Crippen LogP contribution in [0, 0.1) is 5.82 Å². The maximum absolute atomic E-state index is 13.0. The van der Waals surface area contributed by atoms with Gasteiger partial charge in [-0.2, -0.15) is 0 Å². The van der Waals surface area contributed by atoms with Gasteiger partial charge in [0.2, 0.25) is 0 Å². The maximum Gasteiger partial charge on any atom is 0.175 e. The summed E-state index contributed by atoms with van der Waals surface area (Å²) in [5, 5.41) is 19.7. The topological polar surface area (TPSA) is 74.6 Å². The molecule has 23 heavy (non-hydrogen) atoms. The van der Waals surface area contributed by atoms with Crippen LogP contribution in [0.4, 0.5) is 4.39 Å². The highest BCUT2D eigenvalue weighted by Gasteiger charge is 2.17. The maximum atomic E-state index is 13.0. The standard InChI is InChI=1S/C17H17FO4S/c1-23(21,22)15-4-2-3-13(11-15)17(20)16(9-10-19)12-5-7-14(18)8-6-12/h2-9,11,17,19-20H,10H2,1H3. The van der Waals surface area contributed by atoms with E-state index in [2.05, 4.69) is 0 Å². The van der Waals surface area contributed by atoms with Crippen LogP contribution >= 0.6 is 0 Å². The molecule has 0 saturated heterocycles. The molecule has 2 aromatic carbocycles. The highest BCUT2D eigenvalue weighted by molar-refractivity contribution is 7.90. The molecule has 1 atom stereocenters. The lowest BCUT2D eigenvalue weighted by atomic mass is 9.95. The van der Waals surface area contributed by atoms with Gasteiger partial charge in [0.25, 0.3) is 0 Å². The average molecular weight is 336 g/mol. The van der Waals surface area contributed by atoms with Gasteiger partial charge >= 0.3 is 0 Å². The van der Waals surface area contributed by atoms with Gasteiger partial charge in [-0.05, 0) is 41.0 Å². The van der Waals surface area contributed by atoms with E-state index in [9.17, 15) is 23.0 Å². The number of benzene rings is 2. The SMILES string of the molecule is CS(=O)(=O)c1cccc(C(O)C(=CCO)c2ccc(F)cc2)c1. The number of hydrogen-bond donors (Lipinski definition) is 2. The Bertz CT molecular complexity index is 811. The van der Waals surface area contributed by atoms with Crippen molar-refractivity contribution in [2.24, 2.45) is 0 Å². The Hall–Kier alpha value is -2.02. The number of halogens is 1. The van der Waals surface area contributed by atoms with Gasteiger partial charge in [-0.25, -0.2) is 12.8 Å². The molecule has 0 radical (unpaired) electrons.